The predicted molar refractivity (Wildman–Crippen MR) is 83.2 cm³/mol. The second-order valence-electron chi connectivity index (χ2n) is 5.56. The largest absolute Gasteiger partial charge is 0.347 e. The molecule has 1 saturated heterocycles. The first-order valence-electron chi connectivity index (χ1n) is 7.32. The molecular weight excluding hydrogens is 322 g/mol. The first-order valence-corrected chi connectivity index (χ1v) is 8.13. The Balaban J connectivity index is 1.73. The van der Waals surface area contributed by atoms with E-state index in [1.165, 1.54) is 6.07 Å². The van der Waals surface area contributed by atoms with Gasteiger partial charge >= 0.3 is 0 Å². The summed E-state index contributed by atoms with van der Waals surface area (Å²) in [6.45, 7) is 1.85. The van der Waals surface area contributed by atoms with Gasteiger partial charge in [0.2, 0.25) is 5.01 Å². The minimum absolute atomic E-state index is 0.0640. The molecule has 5 nitrogen and oxygen atoms in total. The highest BCUT2D eigenvalue weighted by molar-refractivity contribution is 7.16. The molecule has 0 unspecified atom stereocenters. The molecule has 2 aromatic rings. The topological polar surface area (TPSA) is 58.1 Å². The van der Waals surface area contributed by atoms with Crippen LogP contribution in [0, 0.1) is 11.6 Å². The lowest BCUT2D eigenvalue weighted by Gasteiger charge is -2.29. The number of halogens is 2. The van der Waals surface area contributed by atoms with Crippen molar-refractivity contribution in [3.05, 3.63) is 34.8 Å². The number of likely N-dealkylation sites (tertiary alicyclic amines) is 1. The third kappa shape index (κ3) is 3.53. The van der Waals surface area contributed by atoms with Gasteiger partial charge in [-0.25, -0.2) is 8.78 Å². The van der Waals surface area contributed by atoms with E-state index in [2.05, 4.69) is 20.4 Å². The van der Waals surface area contributed by atoms with Gasteiger partial charge in [0.05, 0.1) is 5.56 Å². The first-order chi connectivity index (χ1) is 11.0. The third-order valence-corrected chi connectivity index (χ3v) is 4.79. The van der Waals surface area contributed by atoms with Crippen molar-refractivity contribution in [2.24, 2.45) is 0 Å². The highest BCUT2D eigenvalue weighted by Gasteiger charge is 2.23. The molecule has 3 rings (SSSR count). The van der Waals surface area contributed by atoms with E-state index in [-0.39, 0.29) is 27.5 Å². The van der Waals surface area contributed by atoms with Crippen LogP contribution >= 0.6 is 11.3 Å². The van der Waals surface area contributed by atoms with Gasteiger partial charge < -0.3 is 10.2 Å². The molecule has 1 aromatic heterocycles. The van der Waals surface area contributed by atoms with Gasteiger partial charge in [-0.3, -0.25) is 4.79 Å². The highest BCUT2D eigenvalue weighted by Crippen LogP contribution is 2.28. The number of benzene rings is 1. The van der Waals surface area contributed by atoms with Gasteiger partial charge in [0.1, 0.15) is 11.6 Å². The Morgan fingerprint density at radius 2 is 1.91 bits per heavy atom. The lowest BCUT2D eigenvalue weighted by Crippen LogP contribution is -2.43. The quantitative estimate of drug-likeness (QED) is 0.933. The van der Waals surface area contributed by atoms with Crippen LogP contribution in [0.1, 0.15) is 22.6 Å². The van der Waals surface area contributed by atoms with Crippen LogP contribution in [0.15, 0.2) is 18.2 Å². The summed E-state index contributed by atoms with van der Waals surface area (Å²) in [4.78, 5) is 14.4. The zero-order chi connectivity index (χ0) is 16.4. The minimum atomic E-state index is -0.719. The maximum Gasteiger partial charge on any atom is 0.282 e. The summed E-state index contributed by atoms with van der Waals surface area (Å²) < 4.78 is 27.5. The summed E-state index contributed by atoms with van der Waals surface area (Å²) in [7, 11) is 2.04. The van der Waals surface area contributed by atoms with Crippen molar-refractivity contribution in [2.45, 2.75) is 18.9 Å². The Kier molecular flexibility index (Phi) is 4.63. The Morgan fingerprint density at radius 3 is 2.57 bits per heavy atom. The SMILES string of the molecule is CN1CCC(NC(=O)c2nnc(-c3c(F)cccc3F)s2)CC1. The fourth-order valence-corrected chi connectivity index (χ4v) is 3.31. The van der Waals surface area contributed by atoms with E-state index >= 15 is 0 Å². The van der Waals surface area contributed by atoms with Crippen molar-refractivity contribution in [3.63, 3.8) is 0 Å². The molecule has 1 aliphatic heterocycles. The number of piperidine rings is 1. The van der Waals surface area contributed by atoms with Crippen LogP contribution in [0.3, 0.4) is 0 Å². The molecule has 1 amide bonds. The molecule has 1 aromatic carbocycles. The van der Waals surface area contributed by atoms with E-state index < -0.39 is 11.6 Å². The standard InChI is InChI=1S/C15H16F2N4OS/c1-21-7-5-9(6-8-21)18-13(22)15-20-19-14(23-15)12-10(16)3-2-4-11(12)17/h2-4,9H,5-8H2,1H3,(H,18,22). The van der Waals surface area contributed by atoms with Crippen LogP contribution in [0.2, 0.25) is 0 Å². The van der Waals surface area contributed by atoms with Crippen molar-refractivity contribution >= 4 is 17.2 Å². The zero-order valence-corrected chi connectivity index (χ0v) is 13.4. The summed E-state index contributed by atoms with van der Waals surface area (Å²) in [5.41, 5.74) is -0.247. The smallest absolute Gasteiger partial charge is 0.282 e. The van der Waals surface area contributed by atoms with Crippen molar-refractivity contribution in [3.8, 4) is 10.6 Å². The third-order valence-electron chi connectivity index (χ3n) is 3.85. The molecule has 0 bridgehead atoms. The number of hydrogen-bond acceptors (Lipinski definition) is 5. The van der Waals surface area contributed by atoms with Crippen LogP contribution in [0.5, 0.6) is 0 Å². The minimum Gasteiger partial charge on any atom is -0.347 e. The number of nitrogens with zero attached hydrogens (tertiary/aromatic N) is 3. The maximum absolute atomic E-state index is 13.7. The molecule has 0 atom stereocenters. The van der Waals surface area contributed by atoms with Crippen molar-refractivity contribution < 1.29 is 13.6 Å². The van der Waals surface area contributed by atoms with Crippen LogP contribution in [-0.2, 0) is 0 Å². The number of rotatable bonds is 3. The van der Waals surface area contributed by atoms with Gasteiger partial charge in [0.15, 0.2) is 5.01 Å². The zero-order valence-electron chi connectivity index (χ0n) is 12.6. The van der Waals surface area contributed by atoms with Crippen molar-refractivity contribution in [1.29, 1.82) is 0 Å². The maximum atomic E-state index is 13.7. The Hall–Kier alpha value is -1.93. The van der Waals surface area contributed by atoms with Crippen LogP contribution in [0.25, 0.3) is 10.6 Å². The second-order valence-corrected chi connectivity index (χ2v) is 6.54. The number of nitrogens with one attached hydrogen (secondary N) is 1. The molecule has 0 saturated carbocycles. The number of carbonyl (C=O) groups is 1. The molecule has 23 heavy (non-hydrogen) atoms. The molecule has 2 heterocycles. The lowest BCUT2D eigenvalue weighted by molar-refractivity contribution is 0.0915. The van der Waals surface area contributed by atoms with Crippen LogP contribution < -0.4 is 5.32 Å². The number of amides is 1. The summed E-state index contributed by atoms with van der Waals surface area (Å²) in [6, 6.07) is 3.68. The average molecular weight is 338 g/mol. The number of aromatic nitrogens is 2. The highest BCUT2D eigenvalue weighted by atomic mass is 32.1. The molecule has 1 N–H and O–H groups in total. The van der Waals surface area contributed by atoms with Gasteiger partial charge in [0.25, 0.3) is 5.91 Å². The van der Waals surface area contributed by atoms with Crippen molar-refractivity contribution in [1.82, 2.24) is 20.4 Å². The lowest BCUT2D eigenvalue weighted by atomic mass is 10.1. The molecule has 0 aliphatic carbocycles. The fourth-order valence-electron chi connectivity index (χ4n) is 2.52. The Bertz CT molecular complexity index is 693. The second kappa shape index (κ2) is 6.67. The van der Waals surface area contributed by atoms with Gasteiger partial charge in [-0.1, -0.05) is 17.4 Å². The molecule has 8 heteroatoms. The number of carbonyl (C=O) groups excluding carboxylic acids is 1. The predicted octanol–water partition coefficient (Wildman–Crippen LogP) is 2.31. The molecule has 122 valence electrons. The Labute approximate surface area is 136 Å². The molecule has 0 radical (unpaired) electrons. The van der Waals surface area contributed by atoms with E-state index in [1.54, 1.807) is 0 Å². The molecule has 1 fully saturated rings. The van der Waals surface area contributed by atoms with E-state index in [9.17, 15) is 13.6 Å². The first kappa shape index (κ1) is 15.9. The van der Waals surface area contributed by atoms with Gasteiger partial charge in [-0.15, -0.1) is 10.2 Å². The van der Waals surface area contributed by atoms with Crippen LogP contribution in [0.4, 0.5) is 8.78 Å². The number of hydrogen-bond donors (Lipinski definition) is 1. The van der Waals surface area contributed by atoms with Gasteiger partial charge in [-0.05, 0) is 45.1 Å². The average Bonchev–Trinajstić information content (AvgIpc) is 2.99. The Morgan fingerprint density at radius 1 is 1.26 bits per heavy atom. The van der Waals surface area contributed by atoms with E-state index in [0.29, 0.717) is 0 Å². The van der Waals surface area contributed by atoms with Crippen LogP contribution in [-0.4, -0.2) is 47.2 Å². The molecule has 0 spiro atoms. The monoisotopic (exact) mass is 338 g/mol. The molecular formula is C15H16F2N4OS. The normalized spacial score (nSPS) is 16.5. The summed E-state index contributed by atoms with van der Waals surface area (Å²) >= 11 is 0.887. The van der Waals surface area contributed by atoms with E-state index in [1.807, 2.05) is 7.05 Å². The van der Waals surface area contributed by atoms with E-state index in [0.717, 1.165) is 49.4 Å². The van der Waals surface area contributed by atoms with E-state index in [4.69, 9.17) is 0 Å². The van der Waals surface area contributed by atoms with Crippen molar-refractivity contribution in [2.75, 3.05) is 20.1 Å². The van der Waals surface area contributed by atoms with Gasteiger partial charge in [0, 0.05) is 6.04 Å². The molecule has 1 aliphatic rings. The fraction of sp³-hybridized carbons (Fsp3) is 0.400. The summed E-state index contributed by atoms with van der Waals surface area (Å²) in [6.07, 6.45) is 1.74. The summed E-state index contributed by atoms with van der Waals surface area (Å²) in [5.74, 6) is -1.79. The van der Waals surface area contributed by atoms with Gasteiger partial charge in [-0.2, -0.15) is 0 Å². The summed E-state index contributed by atoms with van der Waals surface area (Å²) in [5, 5.41) is 10.6.